The summed E-state index contributed by atoms with van der Waals surface area (Å²) in [4.78, 5) is 10.4. The number of thiol groups is 1. The van der Waals surface area contributed by atoms with Crippen LogP contribution in [0, 0.1) is 0 Å². The molecule has 1 N–H and O–H groups in total. The van der Waals surface area contributed by atoms with Gasteiger partial charge in [0.25, 0.3) is 0 Å². The van der Waals surface area contributed by atoms with Crippen LogP contribution in [0.2, 0.25) is 0 Å². The number of rotatable bonds is 4. The topological polar surface area (TPSA) is 37.3 Å². The van der Waals surface area contributed by atoms with Gasteiger partial charge in [0.05, 0.1) is 0 Å². The Morgan fingerprint density at radius 2 is 2.00 bits per heavy atom. The van der Waals surface area contributed by atoms with E-state index in [1.165, 1.54) is 0 Å². The van der Waals surface area contributed by atoms with Crippen LogP contribution < -0.4 is 0 Å². The molecule has 14 heavy (non-hydrogen) atoms. The van der Waals surface area contributed by atoms with Crippen molar-refractivity contribution in [1.82, 2.24) is 0 Å². The van der Waals surface area contributed by atoms with E-state index in [9.17, 15) is 4.79 Å². The number of hydrogen-bond donors (Lipinski definition) is 2. The molecule has 1 unspecified atom stereocenters. The van der Waals surface area contributed by atoms with Gasteiger partial charge < -0.3 is 9.90 Å². The molecular formula is C11H12O2S. The van der Waals surface area contributed by atoms with Gasteiger partial charge in [-0.1, -0.05) is 18.2 Å². The number of carbonyl (C=O) groups excluding carboxylic acids is 1. The van der Waals surface area contributed by atoms with Crippen molar-refractivity contribution >= 4 is 18.9 Å². The average Bonchev–Trinajstić information content (AvgIpc) is 2.19. The zero-order chi connectivity index (χ0) is 10.4. The van der Waals surface area contributed by atoms with Gasteiger partial charge in [0, 0.05) is 12.3 Å². The second kappa shape index (κ2) is 5.50. The first-order valence-electron chi connectivity index (χ1n) is 4.31. The van der Waals surface area contributed by atoms with E-state index in [1.807, 2.05) is 6.08 Å². The molecule has 0 radical (unpaired) electrons. The summed E-state index contributed by atoms with van der Waals surface area (Å²) in [6, 6.07) is 6.83. The summed E-state index contributed by atoms with van der Waals surface area (Å²) >= 11 is 3.98. The number of phenolic OH excluding ortho intramolecular Hbond substituents is 1. The second-order valence-corrected chi connectivity index (χ2v) is 3.24. The second-order valence-electron chi connectivity index (χ2n) is 2.94. The fourth-order valence-corrected chi connectivity index (χ4v) is 1.46. The van der Waals surface area contributed by atoms with E-state index in [2.05, 4.69) is 12.6 Å². The molecule has 3 heteroatoms. The van der Waals surface area contributed by atoms with E-state index in [0.717, 1.165) is 11.8 Å². The van der Waals surface area contributed by atoms with Crippen LogP contribution in [0.15, 0.2) is 35.7 Å². The molecule has 1 aromatic carbocycles. The van der Waals surface area contributed by atoms with E-state index < -0.39 is 0 Å². The zero-order valence-corrected chi connectivity index (χ0v) is 8.52. The Morgan fingerprint density at radius 1 is 1.36 bits per heavy atom. The molecule has 1 aromatic rings. The molecule has 1 rings (SSSR count). The Kier molecular flexibility index (Phi) is 4.26. The van der Waals surface area contributed by atoms with Gasteiger partial charge in [0.15, 0.2) is 0 Å². The van der Waals surface area contributed by atoms with Crippen LogP contribution in [0.25, 0.3) is 0 Å². The summed E-state index contributed by atoms with van der Waals surface area (Å²) in [5.41, 5.74) is 1.00. The van der Waals surface area contributed by atoms with Crippen LogP contribution in [-0.4, -0.2) is 11.4 Å². The monoisotopic (exact) mass is 208 g/mol. The zero-order valence-electron chi connectivity index (χ0n) is 7.63. The molecule has 0 spiro atoms. The molecule has 0 aliphatic rings. The standard InChI is InChI=1S/C11H12O2S/c12-7-5-10(6-8-14)9-1-3-11(13)4-2-9/h1-4,6-8,10,13-14H,5H2/b8-6+. The number of allylic oxidation sites excluding steroid dienone is 1. The predicted octanol–water partition coefficient (Wildman–Crippen LogP) is 2.51. The molecule has 0 aliphatic heterocycles. The van der Waals surface area contributed by atoms with Crippen LogP contribution in [0.1, 0.15) is 17.9 Å². The molecule has 0 amide bonds. The molecule has 0 heterocycles. The highest BCUT2D eigenvalue weighted by Crippen LogP contribution is 2.22. The molecule has 0 bridgehead atoms. The lowest BCUT2D eigenvalue weighted by molar-refractivity contribution is -0.108. The van der Waals surface area contributed by atoms with Crippen molar-refractivity contribution in [3.05, 3.63) is 41.3 Å². The highest BCUT2D eigenvalue weighted by molar-refractivity contribution is 7.83. The van der Waals surface area contributed by atoms with Gasteiger partial charge in [-0.15, -0.1) is 0 Å². The van der Waals surface area contributed by atoms with E-state index in [4.69, 9.17) is 5.11 Å². The molecule has 1 atom stereocenters. The lowest BCUT2D eigenvalue weighted by atomic mass is 9.96. The first-order chi connectivity index (χ1) is 6.77. The number of carbonyl (C=O) groups is 1. The highest BCUT2D eigenvalue weighted by atomic mass is 32.1. The van der Waals surface area contributed by atoms with Gasteiger partial charge in [-0.2, -0.15) is 12.6 Å². The summed E-state index contributed by atoms with van der Waals surface area (Å²) in [7, 11) is 0. The van der Waals surface area contributed by atoms with Crippen molar-refractivity contribution in [3.63, 3.8) is 0 Å². The number of hydrogen-bond acceptors (Lipinski definition) is 3. The van der Waals surface area contributed by atoms with E-state index in [-0.39, 0.29) is 11.7 Å². The fourth-order valence-electron chi connectivity index (χ4n) is 1.25. The first kappa shape index (κ1) is 10.9. The van der Waals surface area contributed by atoms with E-state index in [1.54, 1.807) is 29.7 Å². The first-order valence-corrected chi connectivity index (χ1v) is 4.83. The maximum Gasteiger partial charge on any atom is 0.120 e. The minimum atomic E-state index is 0.0469. The smallest absolute Gasteiger partial charge is 0.120 e. The van der Waals surface area contributed by atoms with Crippen molar-refractivity contribution in [1.29, 1.82) is 0 Å². The molecule has 0 saturated carbocycles. The summed E-state index contributed by atoms with van der Waals surface area (Å²) in [5.74, 6) is 0.277. The quantitative estimate of drug-likeness (QED) is 0.589. The predicted molar refractivity (Wildman–Crippen MR) is 59.7 cm³/mol. The lowest BCUT2D eigenvalue weighted by Crippen LogP contribution is -1.95. The Labute approximate surface area is 88.7 Å². The van der Waals surface area contributed by atoms with Gasteiger partial charge in [0.1, 0.15) is 12.0 Å². The third kappa shape index (κ3) is 2.92. The van der Waals surface area contributed by atoms with Gasteiger partial charge in [-0.25, -0.2) is 0 Å². The molecule has 0 aromatic heterocycles. The van der Waals surface area contributed by atoms with Crippen LogP contribution in [0.3, 0.4) is 0 Å². The molecule has 74 valence electrons. The fraction of sp³-hybridized carbons (Fsp3) is 0.182. The summed E-state index contributed by atoms with van der Waals surface area (Å²) in [6.45, 7) is 0. The Hall–Kier alpha value is -1.22. The Balaban J connectivity index is 2.87. The van der Waals surface area contributed by atoms with Crippen molar-refractivity contribution < 1.29 is 9.90 Å². The molecule has 0 aliphatic carbocycles. The Morgan fingerprint density at radius 3 is 2.50 bits per heavy atom. The van der Waals surface area contributed by atoms with Crippen LogP contribution in [0.4, 0.5) is 0 Å². The van der Waals surface area contributed by atoms with Crippen molar-refractivity contribution in [3.8, 4) is 5.75 Å². The Bertz CT molecular complexity index is 317. The van der Waals surface area contributed by atoms with Gasteiger partial charge >= 0.3 is 0 Å². The van der Waals surface area contributed by atoms with Gasteiger partial charge in [-0.3, -0.25) is 0 Å². The summed E-state index contributed by atoms with van der Waals surface area (Å²) < 4.78 is 0. The van der Waals surface area contributed by atoms with Crippen LogP contribution in [-0.2, 0) is 4.79 Å². The molecule has 2 nitrogen and oxygen atoms in total. The summed E-state index contributed by atoms with van der Waals surface area (Å²) in [5, 5.41) is 10.7. The molecule has 0 fully saturated rings. The molecular weight excluding hydrogens is 196 g/mol. The number of aromatic hydroxyl groups is 1. The number of benzene rings is 1. The highest BCUT2D eigenvalue weighted by Gasteiger charge is 2.06. The third-order valence-corrected chi connectivity index (χ3v) is 2.16. The van der Waals surface area contributed by atoms with Gasteiger partial charge in [0.2, 0.25) is 0 Å². The maximum absolute atomic E-state index is 10.4. The number of aldehydes is 1. The van der Waals surface area contributed by atoms with E-state index >= 15 is 0 Å². The average molecular weight is 208 g/mol. The normalized spacial score (nSPS) is 12.9. The maximum atomic E-state index is 10.4. The van der Waals surface area contributed by atoms with E-state index in [0.29, 0.717) is 6.42 Å². The van der Waals surface area contributed by atoms with Gasteiger partial charge in [-0.05, 0) is 23.1 Å². The van der Waals surface area contributed by atoms with Crippen LogP contribution >= 0.6 is 12.6 Å². The summed E-state index contributed by atoms with van der Waals surface area (Å²) in [6.07, 6.45) is 3.16. The van der Waals surface area contributed by atoms with Crippen molar-refractivity contribution in [2.45, 2.75) is 12.3 Å². The minimum Gasteiger partial charge on any atom is -0.508 e. The lowest BCUT2D eigenvalue weighted by Gasteiger charge is -2.09. The van der Waals surface area contributed by atoms with Crippen molar-refractivity contribution in [2.24, 2.45) is 0 Å². The van der Waals surface area contributed by atoms with Crippen LogP contribution in [0.5, 0.6) is 5.75 Å². The molecule has 0 saturated heterocycles. The van der Waals surface area contributed by atoms with Crippen molar-refractivity contribution in [2.75, 3.05) is 0 Å². The minimum absolute atomic E-state index is 0.0469. The SMILES string of the molecule is O=CCC(/C=C/S)c1ccc(O)cc1. The number of phenols is 1. The third-order valence-electron chi connectivity index (χ3n) is 1.99. The largest absolute Gasteiger partial charge is 0.508 e.